The van der Waals surface area contributed by atoms with Crippen LogP contribution in [0.4, 0.5) is 0 Å². The maximum absolute atomic E-state index is 9.84. The molecule has 1 aliphatic rings. The quantitative estimate of drug-likeness (QED) is 0.805. The van der Waals surface area contributed by atoms with Crippen molar-refractivity contribution in [1.82, 2.24) is 0 Å². The van der Waals surface area contributed by atoms with Crippen LogP contribution in [-0.4, -0.2) is 16.8 Å². The van der Waals surface area contributed by atoms with Crippen LogP contribution in [0.1, 0.15) is 11.1 Å². The van der Waals surface area contributed by atoms with Gasteiger partial charge in [0.25, 0.3) is 0 Å². The molecule has 0 spiro atoms. The molecule has 0 fully saturated rings. The second-order valence-corrected chi connectivity index (χ2v) is 4.17. The van der Waals surface area contributed by atoms with Crippen LogP contribution in [0.25, 0.3) is 11.6 Å². The molecule has 0 saturated carbocycles. The molecule has 3 heteroatoms. The van der Waals surface area contributed by atoms with Gasteiger partial charge in [-0.25, -0.2) is 0 Å². The Hall–Kier alpha value is -2.42. The highest BCUT2D eigenvalue weighted by molar-refractivity contribution is 5.89. The van der Waals surface area contributed by atoms with Gasteiger partial charge in [0.05, 0.1) is 5.56 Å². The van der Waals surface area contributed by atoms with E-state index in [1.54, 1.807) is 18.2 Å². The summed E-state index contributed by atoms with van der Waals surface area (Å²) in [6, 6.07) is 12.4. The highest BCUT2D eigenvalue weighted by atomic mass is 16.5. The molecule has 0 atom stereocenters. The molecule has 90 valence electrons. The summed E-state index contributed by atoms with van der Waals surface area (Å²) in [4.78, 5) is 0. The van der Waals surface area contributed by atoms with Gasteiger partial charge in [-0.3, -0.25) is 0 Å². The fourth-order valence-electron chi connectivity index (χ4n) is 2.12. The molecule has 1 aliphatic heterocycles. The molecule has 0 aromatic heterocycles. The van der Waals surface area contributed by atoms with Gasteiger partial charge in [0.2, 0.25) is 0 Å². The van der Waals surface area contributed by atoms with Crippen molar-refractivity contribution >= 4 is 11.6 Å². The van der Waals surface area contributed by atoms with E-state index in [1.807, 2.05) is 30.3 Å². The Balaban J connectivity index is 2.13. The lowest BCUT2D eigenvalue weighted by atomic mass is 9.99. The summed E-state index contributed by atoms with van der Waals surface area (Å²) < 4.78 is 5.61. The lowest BCUT2D eigenvalue weighted by Crippen LogP contribution is -2.06. The number of hydrogen-bond donors (Lipinski definition) is 2. The third kappa shape index (κ3) is 1.70. The van der Waals surface area contributed by atoms with Crippen molar-refractivity contribution in [1.29, 1.82) is 0 Å². The predicted molar refractivity (Wildman–Crippen MR) is 69.6 cm³/mol. The first kappa shape index (κ1) is 10.7. The van der Waals surface area contributed by atoms with Crippen molar-refractivity contribution in [2.45, 2.75) is 0 Å². The molecule has 0 aliphatic carbocycles. The first-order chi connectivity index (χ1) is 8.75. The molecule has 2 aromatic carbocycles. The van der Waals surface area contributed by atoms with E-state index in [0.29, 0.717) is 12.2 Å². The maximum atomic E-state index is 9.84. The monoisotopic (exact) mass is 240 g/mol. The molecule has 2 N–H and O–H groups in total. The molecule has 0 radical (unpaired) electrons. The summed E-state index contributed by atoms with van der Waals surface area (Å²) in [7, 11) is 0. The number of phenolic OH excluding ortho intramolecular Hbond substituents is 2. The van der Waals surface area contributed by atoms with Crippen molar-refractivity contribution < 1.29 is 14.9 Å². The van der Waals surface area contributed by atoms with Crippen LogP contribution in [0.2, 0.25) is 0 Å². The maximum Gasteiger partial charge on any atom is 0.127 e. The molecule has 1 heterocycles. The average molecular weight is 240 g/mol. The van der Waals surface area contributed by atoms with Crippen LogP contribution in [0, 0.1) is 0 Å². The van der Waals surface area contributed by atoms with Crippen LogP contribution < -0.4 is 4.74 Å². The first-order valence-electron chi connectivity index (χ1n) is 5.69. The van der Waals surface area contributed by atoms with Crippen molar-refractivity contribution in [2.75, 3.05) is 6.61 Å². The van der Waals surface area contributed by atoms with Crippen LogP contribution in [-0.2, 0) is 0 Å². The van der Waals surface area contributed by atoms with E-state index < -0.39 is 0 Å². The fraction of sp³-hybridized carbons (Fsp3) is 0.0667. The zero-order chi connectivity index (χ0) is 12.5. The topological polar surface area (TPSA) is 49.7 Å². The van der Waals surface area contributed by atoms with Crippen LogP contribution in [0.5, 0.6) is 17.2 Å². The minimum Gasteiger partial charge on any atom is -0.507 e. The van der Waals surface area contributed by atoms with Gasteiger partial charge in [-0.15, -0.1) is 0 Å². The summed E-state index contributed by atoms with van der Waals surface area (Å²) in [5.41, 5.74) is 2.15. The minimum absolute atomic E-state index is 0.0595. The number of para-hydroxylation sites is 1. The lowest BCUT2D eigenvalue weighted by Gasteiger charge is -2.19. The number of aromatic hydroxyl groups is 2. The van der Waals surface area contributed by atoms with Crippen LogP contribution >= 0.6 is 0 Å². The van der Waals surface area contributed by atoms with E-state index in [2.05, 4.69) is 0 Å². The van der Waals surface area contributed by atoms with E-state index in [1.165, 1.54) is 0 Å². The molecular weight excluding hydrogens is 228 g/mol. The van der Waals surface area contributed by atoms with Gasteiger partial charge in [-0.05, 0) is 24.3 Å². The first-order valence-corrected chi connectivity index (χ1v) is 5.69. The average Bonchev–Trinajstić information content (AvgIpc) is 2.38. The summed E-state index contributed by atoms with van der Waals surface area (Å²) in [6.45, 7) is 0.335. The molecule has 0 amide bonds. The molecular formula is C15H12O3. The second kappa shape index (κ2) is 4.11. The van der Waals surface area contributed by atoms with E-state index in [-0.39, 0.29) is 11.5 Å². The Labute approximate surface area is 105 Å². The molecule has 0 saturated heterocycles. The lowest BCUT2D eigenvalue weighted by molar-refractivity contribution is 0.363. The Morgan fingerprint density at radius 2 is 1.61 bits per heavy atom. The Morgan fingerprint density at radius 3 is 2.39 bits per heavy atom. The van der Waals surface area contributed by atoms with Gasteiger partial charge in [0.1, 0.15) is 23.9 Å². The van der Waals surface area contributed by atoms with Crippen LogP contribution in [0.15, 0.2) is 42.5 Å². The standard InChI is InChI=1S/C15H12O3/c16-12-5-3-6-13(17)15(12)11-8-10-4-1-2-7-14(10)18-9-11/h1-8,16-17H,9H2. The molecule has 0 bridgehead atoms. The highest BCUT2D eigenvalue weighted by Crippen LogP contribution is 2.38. The van der Waals surface area contributed by atoms with E-state index in [4.69, 9.17) is 4.74 Å². The molecule has 18 heavy (non-hydrogen) atoms. The van der Waals surface area contributed by atoms with E-state index in [9.17, 15) is 10.2 Å². The number of fused-ring (bicyclic) bond motifs is 1. The van der Waals surface area contributed by atoms with Gasteiger partial charge in [-0.1, -0.05) is 24.3 Å². The Morgan fingerprint density at radius 1 is 0.889 bits per heavy atom. The summed E-state index contributed by atoms with van der Waals surface area (Å²) >= 11 is 0. The van der Waals surface area contributed by atoms with Crippen molar-refractivity contribution in [3.05, 3.63) is 53.6 Å². The number of ether oxygens (including phenoxy) is 1. The zero-order valence-corrected chi connectivity index (χ0v) is 9.63. The van der Waals surface area contributed by atoms with Crippen molar-refractivity contribution in [3.63, 3.8) is 0 Å². The van der Waals surface area contributed by atoms with Gasteiger partial charge in [0.15, 0.2) is 0 Å². The van der Waals surface area contributed by atoms with Crippen LogP contribution in [0.3, 0.4) is 0 Å². The number of rotatable bonds is 1. The smallest absolute Gasteiger partial charge is 0.127 e. The molecule has 2 aromatic rings. The summed E-state index contributed by atoms with van der Waals surface area (Å²) in [6.07, 6.45) is 1.92. The normalized spacial score (nSPS) is 13.4. The Bertz CT molecular complexity index is 609. The third-order valence-corrected chi connectivity index (χ3v) is 2.97. The number of benzene rings is 2. The second-order valence-electron chi connectivity index (χ2n) is 4.17. The highest BCUT2D eigenvalue weighted by Gasteiger charge is 2.17. The SMILES string of the molecule is Oc1cccc(O)c1C1=Cc2ccccc2OC1. The largest absolute Gasteiger partial charge is 0.507 e. The summed E-state index contributed by atoms with van der Waals surface area (Å²) in [5.74, 6) is 0.935. The third-order valence-electron chi connectivity index (χ3n) is 2.97. The van der Waals surface area contributed by atoms with E-state index in [0.717, 1.165) is 16.9 Å². The van der Waals surface area contributed by atoms with Gasteiger partial charge in [0, 0.05) is 11.1 Å². The zero-order valence-electron chi connectivity index (χ0n) is 9.63. The van der Waals surface area contributed by atoms with Gasteiger partial charge >= 0.3 is 0 Å². The van der Waals surface area contributed by atoms with E-state index >= 15 is 0 Å². The minimum atomic E-state index is 0.0595. The predicted octanol–water partition coefficient (Wildman–Crippen LogP) is 3.03. The van der Waals surface area contributed by atoms with Gasteiger partial charge < -0.3 is 14.9 Å². The number of hydrogen-bond acceptors (Lipinski definition) is 3. The van der Waals surface area contributed by atoms with Crippen molar-refractivity contribution in [3.8, 4) is 17.2 Å². The number of phenols is 2. The van der Waals surface area contributed by atoms with Crippen molar-refractivity contribution in [2.24, 2.45) is 0 Å². The Kier molecular flexibility index (Phi) is 2.45. The van der Waals surface area contributed by atoms with Gasteiger partial charge in [-0.2, -0.15) is 0 Å². The molecule has 0 unspecified atom stereocenters. The summed E-state index contributed by atoms with van der Waals surface area (Å²) in [5, 5.41) is 19.7. The molecule has 3 nitrogen and oxygen atoms in total. The molecule has 3 rings (SSSR count). The fourth-order valence-corrected chi connectivity index (χ4v) is 2.12.